The van der Waals surface area contributed by atoms with Crippen molar-refractivity contribution in [2.45, 2.75) is 28.5 Å². The Balaban J connectivity index is 1.74. The number of pyridine rings is 1. The zero-order chi connectivity index (χ0) is 20.7. The smallest absolute Gasteiger partial charge is 0.197 e. The van der Waals surface area contributed by atoms with E-state index in [-0.39, 0.29) is 16.3 Å². The fourth-order valence-corrected chi connectivity index (χ4v) is 5.86. The van der Waals surface area contributed by atoms with Crippen molar-refractivity contribution < 1.29 is 0 Å². The van der Waals surface area contributed by atoms with Gasteiger partial charge in [0.15, 0.2) is 20.1 Å². The Bertz CT molecular complexity index is 1370. The number of para-hydroxylation sites is 1. The Morgan fingerprint density at radius 2 is 1.13 bits per heavy atom. The van der Waals surface area contributed by atoms with Crippen LogP contribution in [0.1, 0.15) is 11.1 Å². The molecule has 0 aliphatic heterocycles. The second-order valence-corrected chi connectivity index (χ2v) is 9.67. The van der Waals surface area contributed by atoms with E-state index in [0.29, 0.717) is 0 Å². The van der Waals surface area contributed by atoms with E-state index in [4.69, 9.17) is 0 Å². The van der Waals surface area contributed by atoms with Crippen LogP contribution < -0.4 is 5.43 Å². The number of H-pyrrole nitrogens is 1. The van der Waals surface area contributed by atoms with Crippen LogP contribution in [0.2, 0.25) is 0 Å². The standard InChI is InChI=1S/C27H21NOS/c1-18-7-11-20(12-8-18)30(21-13-9-19(2)10-14-21)22-15-16-26-24(17-22)27(29)23-5-3-4-6-25(23)28-26/h3-17H,1-2H3/p+1. The number of aryl methyl sites for hydroxylation is 2. The summed E-state index contributed by atoms with van der Waals surface area (Å²) in [5.41, 5.74) is 4.32. The summed E-state index contributed by atoms with van der Waals surface area (Å²) >= 11 is 0. The number of nitrogens with one attached hydrogen (secondary N) is 1. The van der Waals surface area contributed by atoms with Gasteiger partial charge in [0.2, 0.25) is 0 Å². The van der Waals surface area contributed by atoms with Gasteiger partial charge in [0.1, 0.15) is 0 Å². The predicted molar refractivity (Wildman–Crippen MR) is 127 cm³/mol. The summed E-state index contributed by atoms with van der Waals surface area (Å²) in [6.45, 7) is 4.21. The van der Waals surface area contributed by atoms with Crippen molar-refractivity contribution in [2.24, 2.45) is 0 Å². The van der Waals surface area contributed by atoms with Gasteiger partial charge in [-0.3, -0.25) is 4.79 Å². The third kappa shape index (κ3) is 3.31. The molecular formula is C27H22NOS+. The molecule has 0 fully saturated rings. The molecule has 1 heterocycles. The SMILES string of the molecule is Cc1ccc([S+](c2ccc(C)cc2)c2ccc3[nH]c4ccccc4c(=O)c3c2)cc1. The maximum Gasteiger partial charge on any atom is 0.197 e. The molecule has 0 saturated heterocycles. The average molecular weight is 409 g/mol. The van der Waals surface area contributed by atoms with Crippen molar-refractivity contribution in [3.05, 3.63) is 112 Å². The minimum Gasteiger partial charge on any atom is -0.354 e. The monoisotopic (exact) mass is 408 g/mol. The third-order valence-corrected chi connectivity index (χ3v) is 7.64. The summed E-state index contributed by atoms with van der Waals surface area (Å²) in [6.07, 6.45) is 0. The van der Waals surface area contributed by atoms with Crippen LogP contribution >= 0.6 is 0 Å². The predicted octanol–water partition coefficient (Wildman–Crippen LogP) is 6.39. The van der Waals surface area contributed by atoms with Gasteiger partial charge < -0.3 is 4.98 Å². The molecule has 1 N–H and O–H groups in total. The first-order valence-electron chi connectivity index (χ1n) is 10.0. The van der Waals surface area contributed by atoms with E-state index in [1.165, 1.54) is 20.9 Å². The van der Waals surface area contributed by atoms with Crippen LogP contribution in [0.4, 0.5) is 0 Å². The van der Waals surface area contributed by atoms with Crippen molar-refractivity contribution in [1.82, 2.24) is 4.98 Å². The quantitative estimate of drug-likeness (QED) is 0.272. The molecule has 5 rings (SSSR count). The van der Waals surface area contributed by atoms with Crippen molar-refractivity contribution in [3.8, 4) is 0 Å². The fourth-order valence-electron chi connectivity index (χ4n) is 3.78. The summed E-state index contributed by atoms with van der Waals surface area (Å²) in [5, 5.41) is 1.47. The van der Waals surface area contributed by atoms with E-state index in [1.54, 1.807) is 0 Å². The Morgan fingerprint density at radius 3 is 1.77 bits per heavy atom. The molecule has 0 amide bonds. The van der Waals surface area contributed by atoms with Gasteiger partial charge in [0.25, 0.3) is 0 Å². The highest BCUT2D eigenvalue weighted by molar-refractivity contribution is 7.97. The Labute approximate surface area is 178 Å². The molecule has 2 nitrogen and oxygen atoms in total. The minimum absolute atomic E-state index is 0.0811. The fraction of sp³-hybridized carbons (Fsp3) is 0.0741. The first-order chi connectivity index (χ1) is 14.6. The van der Waals surface area contributed by atoms with Crippen LogP contribution in [0.3, 0.4) is 0 Å². The van der Waals surface area contributed by atoms with E-state index in [2.05, 4.69) is 79.5 Å². The Hall–Kier alpha value is -3.30. The molecule has 0 radical (unpaired) electrons. The number of hydrogen-bond donors (Lipinski definition) is 1. The second-order valence-electron chi connectivity index (χ2n) is 7.64. The molecule has 5 aromatic rings. The van der Waals surface area contributed by atoms with Gasteiger partial charge in [-0.15, -0.1) is 0 Å². The highest BCUT2D eigenvalue weighted by atomic mass is 32.2. The van der Waals surface area contributed by atoms with E-state index < -0.39 is 0 Å². The molecule has 4 aromatic carbocycles. The number of aromatic amines is 1. The molecule has 0 atom stereocenters. The van der Waals surface area contributed by atoms with Gasteiger partial charge in [-0.05, 0) is 62.4 Å². The van der Waals surface area contributed by atoms with Crippen molar-refractivity contribution in [2.75, 3.05) is 0 Å². The first kappa shape index (κ1) is 18.7. The number of rotatable bonds is 3. The first-order valence-corrected chi connectivity index (χ1v) is 11.2. The zero-order valence-corrected chi connectivity index (χ0v) is 17.8. The molecule has 0 aliphatic carbocycles. The summed E-state index contributed by atoms with van der Waals surface area (Å²) < 4.78 is 0. The summed E-state index contributed by atoms with van der Waals surface area (Å²) in [5.74, 6) is 0. The summed E-state index contributed by atoms with van der Waals surface area (Å²) in [7, 11) is -0.282. The van der Waals surface area contributed by atoms with E-state index in [1.807, 2.05) is 30.3 Å². The molecule has 30 heavy (non-hydrogen) atoms. The van der Waals surface area contributed by atoms with Crippen LogP contribution in [0, 0.1) is 13.8 Å². The Morgan fingerprint density at radius 1 is 0.600 bits per heavy atom. The molecule has 0 saturated carbocycles. The molecular weight excluding hydrogens is 386 g/mol. The summed E-state index contributed by atoms with van der Waals surface area (Å²) in [6, 6.07) is 31.4. The largest absolute Gasteiger partial charge is 0.354 e. The molecule has 0 aliphatic rings. The van der Waals surface area contributed by atoms with Gasteiger partial charge >= 0.3 is 0 Å². The number of aromatic nitrogens is 1. The second kappa shape index (κ2) is 7.51. The van der Waals surface area contributed by atoms with Gasteiger partial charge in [0, 0.05) is 17.0 Å². The molecule has 0 spiro atoms. The van der Waals surface area contributed by atoms with Crippen molar-refractivity contribution in [3.63, 3.8) is 0 Å². The topological polar surface area (TPSA) is 32.9 Å². The number of fused-ring (bicyclic) bond motifs is 2. The molecule has 0 bridgehead atoms. The van der Waals surface area contributed by atoms with Gasteiger partial charge in [-0.2, -0.15) is 0 Å². The van der Waals surface area contributed by atoms with Gasteiger partial charge in [-0.1, -0.05) is 47.5 Å². The lowest BCUT2D eigenvalue weighted by Crippen LogP contribution is -2.08. The molecule has 146 valence electrons. The van der Waals surface area contributed by atoms with E-state index >= 15 is 0 Å². The van der Waals surface area contributed by atoms with E-state index in [9.17, 15) is 4.79 Å². The lowest BCUT2D eigenvalue weighted by atomic mass is 10.1. The van der Waals surface area contributed by atoms with Crippen LogP contribution in [0.15, 0.2) is 110 Å². The van der Waals surface area contributed by atoms with Crippen LogP contribution in [-0.2, 0) is 10.9 Å². The lowest BCUT2D eigenvalue weighted by Gasteiger charge is -2.10. The number of benzene rings is 4. The minimum atomic E-state index is -0.282. The highest BCUT2D eigenvalue weighted by Gasteiger charge is 2.29. The van der Waals surface area contributed by atoms with Gasteiger partial charge in [0.05, 0.1) is 21.8 Å². The maximum absolute atomic E-state index is 13.2. The zero-order valence-electron chi connectivity index (χ0n) is 17.0. The Kier molecular flexibility index (Phi) is 4.68. The van der Waals surface area contributed by atoms with Crippen LogP contribution in [0.5, 0.6) is 0 Å². The number of hydrogen-bond acceptors (Lipinski definition) is 1. The van der Waals surface area contributed by atoms with Crippen molar-refractivity contribution >= 4 is 32.7 Å². The van der Waals surface area contributed by atoms with E-state index in [0.717, 1.165) is 26.7 Å². The molecule has 1 aromatic heterocycles. The lowest BCUT2D eigenvalue weighted by molar-refractivity contribution is 1.29. The average Bonchev–Trinajstić information content (AvgIpc) is 2.77. The third-order valence-electron chi connectivity index (χ3n) is 5.43. The molecule has 3 heteroatoms. The molecule has 0 unspecified atom stereocenters. The van der Waals surface area contributed by atoms with Crippen LogP contribution in [0.25, 0.3) is 21.8 Å². The van der Waals surface area contributed by atoms with Crippen molar-refractivity contribution in [1.29, 1.82) is 0 Å². The van der Waals surface area contributed by atoms with Gasteiger partial charge in [-0.25, -0.2) is 0 Å². The summed E-state index contributed by atoms with van der Waals surface area (Å²) in [4.78, 5) is 20.3. The normalized spacial score (nSPS) is 11.4. The maximum atomic E-state index is 13.2. The highest BCUT2D eigenvalue weighted by Crippen LogP contribution is 2.33. The van der Waals surface area contributed by atoms with Crippen LogP contribution in [-0.4, -0.2) is 4.98 Å².